The van der Waals surface area contributed by atoms with Gasteiger partial charge in [-0.25, -0.2) is 0 Å². The highest BCUT2D eigenvalue weighted by Crippen LogP contribution is 2.24. The number of benzene rings is 2. The van der Waals surface area contributed by atoms with E-state index in [0.717, 1.165) is 6.42 Å². The second-order valence-corrected chi connectivity index (χ2v) is 8.52. The Kier molecular flexibility index (Phi) is 9.94. The molecule has 0 bridgehead atoms. The Balaban J connectivity index is 2.24. The van der Waals surface area contributed by atoms with Crippen molar-refractivity contribution >= 4 is 46.6 Å². The predicted molar refractivity (Wildman–Crippen MR) is 126 cm³/mol. The van der Waals surface area contributed by atoms with Crippen molar-refractivity contribution in [2.75, 3.05) is 6.61 Å². The molecule has 0 unspecified atom stereocenters. The van der Waals surface area contributed by atoms with E-state index in [1.165, 1.54) is 4.90 Å². The van der Waals surface area contributed by atoms with Gasteiger partial charge in [-0.05, 0) is 61.7 Å². The van der Waals surface area contributed by atoms with Crippen LogP contribution in [0.4, 0.5) is 0 Å². The molecule has 0 aromatic heterocycles. The van der Waals surface area contributed by atoms with E-state index in [1.807, 2.05) is 20.8 Å². The minimum Gasteiger partial charge on any atom is -0.484 e. The van der Waals surface area contributed by atoms with E-state index in [9.17, 15) is 9.59 Å². The highest BCUT2D eigenvalue weighted by atomic mass is 35.5. The van der Waals surface area contributed by atoms with Crippen LogP contribution >= 0.6 is 34.8 Å². The third kappa shape index (κ3) is 7.60. The molecule has 1 N–H and O–H groups in total. The largest absolute Gasteiger partial charge is 0.484 e. The molecule has 2 atom stereocenters. The van der Waals surface area contributed by atoms with Crippen molar-refractivity contribution in [1.82, 2.24) is 10.2 Å². The van der Waals surface area contributed by atoms with Crippen LogP contribution in [0, 0.1) is 0 Å². The van der Waals surface area contributed by atoms with Crippen LogP contribution in [0.25, 0.3) is 0 Å². The molecular formula is C23H27Cl3N2O3. The van der Waals surface area contributed by atoms with Crippen LogP contribution in [0.2, 0.25) is 15.1 Å². The number of halogens is 3. The molecule has 8 heteroatoms. The van der Waals surface area contributed by atoms with E-state index in [1.54, 1.807) is 42.5 Å². The molecule has 5 nitrogen and oxygen atoms in total. The average molecular weight is 486 g/mol. The van der Waals surface area contributed by atoms with Crippen molar-refractivity contribution in [3.63, 3.8) is 0 Å². The number of carbonyl (C=O) groups excluding carboxylic acids is 2. The molecule has 2 aromatic carbocycles. The van der Waals surface area contributed by atoms with Gasteiger partial charge in [-0.15, -0.1) is 0 Å². The third-order valence-electron chi connectivity index (χ3n) is 4.92. The number of rotatable bonds is 10. The Hall–Kier alpha value is -1.95. The van der Waals surface area contributed by atoms with Crippen molar-refractivity contribution in [2.45, 2.75) is 52.2 Å². The van der Waals surface area contributed by atoms with E-state index in [0.29, 0.717) is 32.8 Å². The molecular weight excluding hydrogens is 459 g/mol. The zero-order valence-electron chi connectivity index (χ0n) is 17.8. The first-order chi connectivity index (χ1) is 14.7. The quantitative estimate of drug-likeness (QED) is 0.466. The Bertz CT molecular complexity index is 890. The van der Waals surface area contributed by atoms with Crippen LogP contribution in [0.5, 0.6) is 5.75 Å². The van der Waals surface area contributed by atoms with Crippen LogP contribution < -0.4 is 10.1 Å². The van der Waals surface area contributed by atoms with Gasteiger partial charge in [0.05, 0.1) is 0 Å². The molecule has 2 rings (SSSR count). The number of nitrogens with one attached hydrogen (secondary N) is 1. The van der Waals surface area contributed by atoms with E-state index in [2.05, 4.69) is 5.32 Å². The number of hydrogen-bond acceptors (Lipinski definition) is 3. The van der Waals surface area contributed by atoms with E-state index >= 15 is 0 Å². The predicted octanol–water partition coefficient (Wildman–Crippen LogP) is 5.75. The third-order valence-corrected chi connectivity index (χ3v) is 5.76. The lowest BCUT2D eigenvalue weighted by Crippen LogP contribution is -2.51. The van der Waals surface area contributed by atoms with Crippen molar-refractivity contribution in [3.8, 4) is 5.75 Å². The molecule has 168 valence electrons. The molecule has 0 radical (unpaired) electrons. The fourth-order valence-electron chi connectivity index (χ4n) is 2.95. The second-order valence-electron chi connectivity index (χ2n) is 7.24. The number of ether oxygens (including phenoxy) is 1. The van der Waals surface area contributed by atoms with Crippen LogP contribution in [-0.4, -0.2) is 35.4 Å². The summed E-state index contributed by atoms with van der Waals surface area (Å²) in [6.45, 7) is 5.72. The number of hydrogen-bond donors (Lipinski definition) is 1. The van der Waals surface area contributed by atoms with Crippen molar-refractivity contribution < 1.29 is 14.3 Å². The average Bonchev–Trinajstić information content (AvgIpc) is 2.74. The van der Waals surface area contributed by atoms with Crippen LogP contribution in [-0.2, 0) is 16.1 Å². The van der Waals surface area contributed by atoms with Crippen LogP contribution in [0.15, 0.2) is 42.5 Å². The standard InChI is InChI=1S/C23H27Cl3N2O3/c1-4-15(3)27-23(30)21(5-2)28(13-16-6-7-18(25)12-20(16)26)22(29)14-31-19-10-8-17(24)9-11-19/h6-12,15,21H,4-5,13-14H2,1-3H3,(H,27,30)/t15-,21+/m1/s1. The van der Waals surface area contributed by atoms with Gasteiger partial charge in [0.2, 0.25) is 5.91 Å². The summed E-state index contributed by atoms with van der Waals surface area (Å²) in [6, 6.07) is 11.1. The smallest absolute Gasteiger partial charge is 0.261 e. The lowest BCUT2D eigenvalue weighted by atomic mass is 10.1. The van der Waals surface area contributed by atoms with E-state index in [4.69, 9.17) is 39.5 Å². The number of amides is 2. The van der Waals surface area contributed by atoms with Gasteiger partial charge < -0.3 is 15.0 Å². The molecule has 2 aromatic rings. The zero-order chi connectivity index (χ0) is 23.0. The molecule has 0 saturated heterocycles. The zero-order valence-corrected chi connectivity index (χ0v) is 20.1. The summed E-state index contributed by atoms with van der Waals surface area (Å²) >= 11 is 18.2. The Labute approximate surface area is 198 Å². The van der Waals surface area contributed by atoms with Gasteiger partial charge in [0.25, 0.3) is 5.91 Å². The Morgan fingerprint density at radius 2 is 1.65 bits per heavy atom. The minimum atomic E-state index is -0.665. The highest BCUT2D eigenvalue weighted by Gasteiger charge is 2.30. The number of carbonyl (C=O) groups is 2. The summed E-state index contributed by atoms with van der Waals surface area (Å²) in [5.41, 5.74) is 0.695. The van der Waals surface area contributed by atoms with E-state index < -0.39 is 6.04 Å². The molecule has 31 heavy (non-hydrogen) atoms. The van der Waals surface area contributed by atoms with Gasteiger partial charge >= 0.3 is 0 Å². The fourth-order valence-corrected chi connectivity index (χ4v) is 3.55. The Morgan fingerprint density at radius 3 is 2.23 bits per heavy atom. The first-order valence-electron chi connectivity index (χ1n) is 10.2. The van der Waals surface area contributed by atoms with Crippen molar-refractivity contribution in [1.29, 1.82) is 0 Å². The summed E-state index contributed by atoms with van der Waals surface area (Å²) in [5, 5.41) is 4.47. The molecule has 0 saturated carbocycles. The normalized spacial score (nSPS) is 12.7. The highest BCUT2D eigenvalue weighted by molar-refractivity contribution is 6.35. The van der Waals surface area contributed by atoms with Gasteiger partial charge in [-0.3, -0.25) is 9.59 Å². The molecule has 0 aliphatic carbocycles. The summed E-state index contributed by atoms with van der Waals surface area (Å²) in [5.74, 6) is -0.0202. The lowest BCUT2D eigenvalue weighted by molar-refractivity contribution is -0.143. The van der Waals surface area contributed by atoms with Crippen LogP contribution in [0.3, 0.4) is 0 Å². The van der Waals surface area contributed by atoms with Gasteiger partial charge in [0.1, 0.15) is 11.8 Å². The molecule has 0 fully saturated rings. The van der Waals surface area contributed by atoms with Gasteiger partial charge in [-0.2, -0.15) is 0 Å². The fraction of sp³-hybridized carbons (Fsp3) is 0.391. The summed E-state index contributed by atoms with van der Waals surface area (Å²) in [7, 11) is 0. The van der Waals surface area contributed by atoms with Crippen LogP contribution in [0.1, 0.15) is 39.2 Å². The van der Waals surface area contributed by atoms with E-state index in [-0.39, 0.29) is 31.0 Å². The summed E-state index contributed by atoms with van der Waals surface area (Å²) in [4.78, 5) is 27.6. The maximum absolute atomic E-state index is 13.2. The van der Waals surface area contributed by atoms with Gasteiger partial charge in [0, 0.05) is 27.7 Å². The molecule has 0 aliphatic heterocycles. The molecule has 0 aliphatic rings. The van der Waals surface area contributed by atoms with Gasteiger partial charge in [-0.1, -0.05) is 54.7 Å². The molecule has 0 spiro atoms. The maximum atomic E-state index is 13.2. The first kappa shape index (κ1) is 25.3. The SMILES string of the molecule is CC[C@@H](C)NC(=O)[C@H](CC)N(Cc1ccc(Cl)cc1Cl)C(=O)COc1ccc(Cl)cc1. The van der Waals surface area contributed by atoms with Crippen molar-refractivity contribution in [2.24, 2.45) is 0 Å². The Morgan fingerprint density at radius 1 is 1.00 bits per heavy atom. The molecule has 2 amide bonds. The second kappa shape index (κ2) is 12.2. The lowest BCUT2D eigenvalue weighted by Gasteiger charge is -2.31. The van der Waals surface area contributed by atoms with Crippen molar-refractivity contribution in [3.05, 3.63) is 63.1 Å². The number of nitrogens with zero attached hydrogens (tertiary/aromatic N) is 1. The first-order valence-corrected chi connectivity index (χ1v) is 11.3. The van der Waals surface area contributed by atoms with Gasteiger partial charge in [0.15, 0.2) is 6.61 Å². The monoisotopic (exact) mass is 484 g/mol. The maximum Gasteiger partial charge on any atom is 0.261 e. The summed E-state index contributed by atoms with van der Waals surface area (Å²) in [6.07, 6.45) is 1.24. The topological polar surface area (TPSA) is 58.6 Å². The minimum absolute atomic E-state index is 0.00272. The molecule has 0 heterocycles. The summed E-state index contributed by atoms with van der Waals surface area (Å²) < 4.78 is 5.63.